The molecule has 0 spiro atoms. The maximum Gasteiger partial charge on any atom is 0.254 e. The Balaban J connectivity index is 1.71. The van der Waals surface area contributed by atoms with Gasteiger partial charge in [-0.15, -0.1) is 0 Å². The van der Waals surface area contributed by atoms with Crippen LogP contribution in [0, 0.1) is 0 Å². The van der Waals surface area contributed by atoms with Gasteiger partial charge in [0.25, 0.3) is 5.91 Å². The molecule has 2 aromatic heterocycles. The van der Waals surface area contributed by atoms with Gasteiger partial charge in [-0.05, 0) is 24.6 Å². The zero-order chi connectivity index (χ0) is 21.5. The van der Waals surface area contributed by atoms with Crippen LogP contribution in [0.4, 0.5) is 5.82 Å². The van der Waals surface area contributed by atoms with Gasteiger partial charge in [-0.2, -0.15) is 0 Å². The molecule has 158 valence electrons. The van der Waals surface area contributed by atoms with Gasteiger partial charge < -0.3 is 31.1 Å². The van der Waals surface area contributed by atoms with Gasteiger partial charge in [0.05, 0.1) is 24.1 Å². The number of fused-ring (bicyclic) bond motifs is 1. The molecular weight excluding hydrogens is 386 g/mol. The van der Waals surface area contributed by atoms with Crippen molar-refractivity contribution in [3.05, 3.63) is 48.0 Å². The van der Waals surface area contributed by atoms with E-state index >= 15 is 0 Å². The van der Waals surface area contributed by atoms with Gasteiger partial charge in [0.15, 0.2) is 11.5 Å². The Labute approximate surface area is 173 Å². The highest BCUT2D eigenvalue weighted by Gasteiger charge is 2.42. The first-order valence-electron chi connectivity index (χ1n) is 9.72. The number of anilines is 1. The summed E-state index contributed by atoms with van der Waals surface area (Å²) in [7, 11) is 0. The monoisotopic (exact) mass is 411 g/mol. The predicted octanol–water partition coefficient (Wildman–Crippen LogP) is 0.0663. The second-order valence-corrected chi connectivity index (χ2v) is 7.93. The number of benzene rings is 1. The number of aromatic nitrogens is 4. The molecule has 1 aromatic carbocycles. The van der Waals surface area contributed by atoms with Gasteiger partial charge in [-0.25, -0.2) is 15.0 Å². The van der Waals surface area contributed by atoms with Crippen molar-refractivity contribution in [1.82, 2.24) is 24.4 Å². The highest BCUT2D eigenvalue weighted by molar-refractivity contribution is 5.94. The summed E-state index contributed by atoms with van der Waals surface area (Å²) in [4.78, 5) is 27.2. The van der Waals surface area contributed by atoms with Crippen LogP contribution in [0.1, 0.15) is 35.3 Å². The van der Waals surface area contributed by atoms with Crippen molar-refractivity contribution in [3.8, 4) is 0 Å². The molecule has 3 heterocycles. The summed E-state index contributed by atoms with van der Waals surface area (Å²) < 4.78 is 1.70. The van der Waals surface area contributed by atoms with E-state index in [4.69, 9.17) is 11.5 Å². The lowest BCUT2D eigenvalue weighted by molar-refractivity contribution is -0.0217. The van der Waals surface area contributed by atoms with Gasteiger partial charge in [-0.1, -0.05) is 12.1 Å². The Kier molecular flexibility index (Phi) is 5.14. The van der Waals surface area contributed by atoms with Crippen LogP contribution in [0.2, 0.25) is 0 Å². The third-order valence-corrected chi connectivity index (χ3v) is 5.64. The molecule has 1 aliphatic rings. The van der Waals surface area contributed by atoms with E-state index in [9.17, 15) is 15.0 Å². The van der Waals surface area contributed by atoms with E-state index in [0.29, 0.717) is 23.3 Å². The average Bonchev–Trinajstić information content (AvgIpc) is 3.10. The van der Waals surface area contributed by atoms with Gasteiger partial charge in [0.2, 0.25) is 0 Å². The molecule has 1 amide bonds. The van der Waals surface area contributed by atoms with Crippen LogP contribution in [-0.2, 0) is 6.54 Å². The minimum absolute atomic E-state index is 0.0911. The van der Waals surface area contributed by atoms with Gasteiger partial charge in [0, 0.05) is 31.6 Å². The number of nitrogens with two attached hydrogens (primary N) is 2. The van der Waals surface area contributed by atoms with Crippen LogP contribution < -0.4 is 11.5 Å². The van der Waals surface area contributed by atoms with Crippen LogP contribution in [0.3, 0.4) is 0 Å². The Hall–Kier alpha value is -3.08. The van der Waals surface area contributed by atoms with Crippen molar-refractivity contribution in [2.45, 2.75) is 37.6 Å². The molecule has 0 saturated carbocycles. The number of imidazole rings is 1. The first-order valence-corrected chi connectivity index (χ1v) is 9.72. The fourth-order valence-corrected chi connectivity index (χ4v) is 4.03. The Morgan fingerprint density at radius 1 is 1.23 bits per heavy atom. The number of amides is 1. The molecule has 1 saturated heterocycles. The fraction of sp³-hybridized carbons (Fsp3) is 0.400. The molecule has 10 heteroatoms. The van der Waals surface area contributed by atoms with Crippen molar-refractivity contribution < 1.29 is 15.0 Å². The second-order valence-electron chi connectivity index (χ2n) is 7.93. The summed E-state index contributed by atoms with van der Waals surface area (Å²) in [5.74, 6) is -0.00106. The number of aliphatic hydroxyl groups excluding tert-OH is 1. The number of hydrogen-bond donors (Lipinski definition) is 4. The molecule has 4 rings (SSSR count). The summed E-state index contributed by atoms with van der Waals surface area (Å²) in [5.41, 5.74) is 12.5. The van der Waals surface area contributed by atoms with Gasteiger partial charge in [-0.3, -0.25) is 4.79 Å². The van der Waals surface area contributed by atoms with Gasteiger partial charge >= 0.3 is 0 Å². The first-order chi connectivity index (χ1) is 14.3. The van der Waals surface area contributed by atoms with Crippen LogP contribution >= 0.6 is 0 Å². The number of rotatable bonds is 3. The molecule has 3 aromatic rings. The quantitative estimate of drug-likeness (QED) is 0.471. The lowest BCUT2D eigenvalue weighted by Crippen LogP contribution is -2.42. The number of nitrogens with zero attached hydrogens (tertiary/aromatic N) is 5. The SMILES string of the molecule is C[C@@]1(O)C[C@H](O)CN(C(=O)c2ccc(CN)cc2)C[C@H]1n1cnc2c(N)ncnc21. The highest BCUT2D eigenvalue weighted by atomic mass is 16.3. The van der Waals surface area contributed by atoms with Crippen molar-refractivity contribution in [1.29, 1.82) is 0 Å². The summed E-state index contributed by atoms with van der Waals surface area (Å²) in [6, 6.07) is 6.45. The number of nitrogen functional groups attached to an aromatic ring is 1. The van der Waals surface area contributed by atoms with Crippen LogP contribution in [0.15, 0.2) is 36.9 Å². The number of carbonyl (C=O) groups excluding carboxylic acids is 1. The molecule has 0 unspecified atom stereocenters. The first kappa shape index (κ1) is 20.2. The molecule has 0 radical (unpaired) electrons. The molecule has 3 atom stereocenters. The van der Waals surface area contributed by atoms with E-state index in [-0.39, 0.29) is 31.2 Å². The van der Waals surface area contributed by atoms with E-state index < -0.39 is 17.7 Å². The summed E-state index contributed by atoms with van der Waals surface area (Å²) in [6.07, 6.45) is 2.07. The van der Waals surface area contributed by atoms with Crippen LogP contribution in [-0.4, -0.2) is 65.3 Å². The molecule has 0 bridgehead atoms. The predicted molar refractivity (Wildman–Crippen MR) is 110 cm³/mol. The van der Waals surface area contributed by atoms with Crippen molar-refractivity contribution in [2.24, 2.45) is 5.73 Å². The normalized spacial score (nSPS) is 24.7. The molecule has 1 aliphatic heterocycles. The summed E-state index contributed by atoms with van der Waals surface area (Å²) >= 11 is 0. The third-order valence-electron chi connectivity index (χ3n) is 5.64. The lowest BCUT2D eigenvalue weighted by atomic mass is 9.91. The van der Waals surface area contributed by atoms with E-state index in [0.717, 1.165) is 5.56 Å². The minimum Gasteiger partial charge on any atom is -0.391 e. The molecule has 10 nitrogen and oxygen atoms in total. The number of carbonyl (C=O) groups is 1. The number of hydrogen-bond acceptors (Lipinski definition) is 8. The van der Waals surface area contributed by atoms with E-state index in [1.54, 1.807) is 40.7 Å². The van der Waals surface area contributed by atoms with Crippen LogP contribution in [0.5, 0.6) is 0 Å². The van der Waals surface area contributed by atoms with Crippen LogP contribution in [0.25, 0.3) is 11.2 Å². The van der Waals surface area contributed by atoms with E-state index in [1.165, 1.54) is 12.7 Å². The van der Waals surface area contributed by atoms with Gasteiger partial charge in [0.1, 0.15) is 11.8 Å². The van der Waals surface area contributed by atoms with E-state index in [2.05, 4.69) is 15.0 Å². The molecule has 1 fully saturated rings. The Morgan fingerprint density at radius 3 is 2.67 bits per heavy atom. The van der Waals surface area contributed by atoms with Crippen molar-refractivity contribution >= 4 is 22.9 Å². The van der Waals surface area contributed by atoms with Crippen molar-refractivity contribution in [2.75, 3.05) is 18.8 Å². The minimum atomic E-state index is -1.31. The van der Waals surface area contributed by atoms with Crippen molar-refractivity contribution in [3.63, 3.8) is 0 Å². The zero-order valence-corrected chi connectivity index (χ0v) is 16.6. The standard InChI is InChI=1S/C20H25N7O3/c1-20(30)6-14(28)8-26(19(29)13-4-2-12(7-21)3-5-13)9-15(20)27-11-25-16-17(22)23-10-24-18(16)27/h2-5,10-11,14-15,28,30H,6-9,21H2,1H3,(H2,22,23,24)/t14-,15+,20+/m0/s1. The molecular formula is C20H25N7O3. The smallest absolute Gasteiger partial charge is 0.254 e. The number of β-amino-alcohol motifs (C(OH)–C–C–N with tert-alkyl or cyclic N) is 1. The second kappa shape index (κ2) is 7.63. The largest absolute Gasteiger partial charge is 0.391 e. The molecule has 30 heavy (non-hydrogen) atoms. The van der Waals surface area contributed by atoms with E-state index in [1.807, 2.05) is 0 Å². The zero-order valence-electron chi connectivity index (χ0n) is 16.6. The third kappa shape index (κ3) is 3.60. The lowest BCUT2D eigenvalue weighted by Gasteiger charge is -2.34. The molecule has 6 N–H and O–H groups in total. The fourth-order valence-electron chi connectivity index (χ4n) is 4.03. The summed E-state index contributed by atoms with van der Waals surface area (Å²) in [5, 5.41) is 21.7. The average molecular weight is 411 g/mol. The molecule has 0 aliphatic carbocycles. The highest BCUT2D eigenvalue weighted by Crippen LogP contribution is 2.34. The Bertz CT molecular complexity index is 1060. The maximum absolute atomic E-state index is 13.2. The number of likely N-dealkylation sites (tertiary alicyclic amines) is 1. The summed E-state index contributed by atoms with van der Waals surface area (Å²) in [6.45, 7) is 2.30. The Morgan fingerprint density at radius 2 is 1.97 bits per heavy atom. The topological polar surface area (TPSA) is 156 Å². The number of aliphatic hydroxyl groups is 2. The maximum atomic E-state index is 13.2.